The van der Waals surface area contributed by atoms with Crippen LogP contribution in [0.1, 0.15) is 0 Å². The third-order valence-corrected chi connectivity index (χ3v) is 4.30. The van der Waals surface area contributed by atoms with Gasteiger partial charge in [-0.1, -0.05) is 91.0 Å². The van der Waals surface area contributed by atoms with E-state index in [1.54, 1.807) is 0 Å². The highest BCUT2D eigenvalue weighted by Crippen LogP contribution is 2.37. The van der Waals surface area contributed by atoms with E-state index in [9.17, 15) is 4.79 Å². The Hall–Kier alpha value is -3.39. The molecule has 1 aromatic heterocycles. The second kappa shape index (κ2) is 6.62. The molecule has 0 saturated carbocycles. The highest BCUT2D eigenvalue weighted by Gasteiger charge is 2.17. The van der Waals surface area contributed by atoms with E-state index in [-0.39, 0.29) is 5.56 Å². The van der Waals surface area contributed by atoms with Gasteiger partial charge in [0.15, 0.2) is 0 Å². The quantitative estimate of drug-likeness (QED) is 0.540. The number of H-pyrrole nitrogens is 1. The molecule has 0 unspecified atom stereocenters. The van der Waals surface area contributed by atoms with Gasteiger partial charge in [-0.3, -0.25) is 4.79 Å². The summed E-state index contributed by atoms with van der Waals surface area (Å²) < 4.78 is 0. The summed E-state index contributed by atoms with van der Waals surface area (Å²) in [6.45, 7) is 0. The lowest BCUT2D eigenvalue weighted by Crippen LogP contribution is -2.11. The van der Waals surface area contributed by atoms with Gasteiger partial charge in [-0.2, -0.15) is 0 Å². The molecule has 0 radical (unpaired) electrons. The van der Waals surface area contributed by atoms with E-state index in [0.29, 0.717) is 5.56 Å². The summed E-state index contributed by atoms with van der Waals surface area (Å²) in [5.41, 5.74) is 5.63. The van der Waals surface area contributed by atoms with Crippen molar-refractivity contribution in [1.82, 2.24) is 4.98 Å². The lowest BCUT2D eigenvalue weighted by atomic mass is 9.89. The second-order valence-electron chi connectivity index (χ2n) is 5.88. The molecule has 120 valence electrons. The monoisotopic (exact) mass is 323 g/mol. The van der Waals surface area contributed by atoms with Crippen LogP contribution in [0.15, 0.2) is 102 Å². The third kappa shape index (κ3) is 2.90. The molecule has 25 heavy (non-hydrogen) atoms. The smallest absolute Gasteiger partial charge is 0.256 e. The maximum absolute atomic E-state index is 12.7. The summed E-state index contributed by atoms with van der Waals surface area (Å²) in [6.07, 6.45) is 1.81. The third-order valence-electron chi connectivity index (χ3n) is 4.30. The van der Waals surface area contributed by atoms with E-state index in [4.69, 9.17) is 0 Å². The molecule has 1 heterocycles. The van der Waals surface area contributed by atoms with E-state index < -0.39 is 0 Å². The number of rotatable bonds is 3. The number of pyridine rings is 1. The van der Waals surface area contributed by atoms with E-state index in [1.807, 2.05) is 85.1 Å². The Morgan fingerprint density at radius 1 is 0.520 bits per heavy atom. The SMILES string of the molecule is O=c1[nH]cc(-c2ccccc2)c(-c2ccccc2)c1-c1ccccc1. The van der Waals surface area contributed by atoms with Crippen molar-refractivity contribution in [2.45, 2.75) is 0 Å². The number of nitrogens with one attached hydrogen (secondary N) is 1. The summed E-state index contributed by atoms with van der Waals surface area (Å²) in [7, 11) is 0. The van der Waals surface area contributed by atoms with Crippen LogP contribution in [0, 0.1) is 0 Å². The Morgan fingerprint density at radius 3 is 1.48 bits per heavy atom. The van der Waals surface area contributed by atoms with Gasteiger partial charge < -0.3 is 4.98 Å². The molecule has 4 aromatic rings. The zero-order valence-corrected chi connectivity index (χ0v) is 13.6. The van der Waals surface area contributed by atoms with Crippen LogP contribution in [-0.4, -0.2) is 4.98 Å². The minimum Gasteiger partial charge on any atom is -0.328 e. The first kappa shape index (κ1) is 15.2. The predicted molar refractivity (Wildman–Crippen MR) is 103 cm³/mol. The molecule has 3 aromatic carbocycles. The minimum absolute atomic E-state index is 0.0789. The van der Waals surface area contributed by atoms with E-state index >= 15 is 0 Å². The van der Waals surface area contributed by atoms with Crippen LogP contribution in [0.4, 0.5) is 0 Å². The first-order chi connectivity index (χ1) is 12.3. The van der Waals surface area contributed by atoms with Crippen LogP contribution in [0.5, 0.6) is 0 Å². The van der Waals surface area contributed by atoms with Gasteiger partial charge in [-0.15, -0.1) is 0 Å². The molecular formula is C23H17NO. The molecule has 0 bridgehead atoms. The number of hydrogen-bond acceptors (Lipinski definition) is 1. The number of aromatic amines is 1. The minimum atomic E-state index is -0.0789. The van der Waals surface area contributed by atoms with Gasteiger partial charge in [-0.05, 0) is 16.7 Å². The normalized spacial score (nSPS) is 10.6. The number of hydrogen-bond donors (Lipinski definition) is 1. The maximum atomic E-state index is 12.7. The molecule has 0 atom stereocenters. The van der Waals surface area contributed by atoms with Crippen LogP contribution in [0.25, 0.3) is 33.4 Å². The van der Waals surface area contributed by atoms with Gasteiger partial charge in [0.25, 0.3) is 5.56 Å². The molecule has 0 spiro atoms. The van der Waals surface area contributed by atoms with Crippen LogP contribution < -0.4 is 5.56 Å². The van der Waals surface area contributed by atoms with Gasteiger partial charge in [-0.25, -0.2) is 0 Å². The fourth-order valence-corrected chi connectivity index (χ4v) is 3.16. The number of aromatic nitrogens is 1. The molecule has 0 fully saturated rings. The van der Waals surface area contributed by atoms with Crippen molar-refractivity contribution in [3.8, 4) is 33.4 Å². The molecule has 2 nitrogen and oxygen atoms in total. The molecule has 0 aliphatic rings. The lowest BCUT2D eigenvalue weighted by Gasteiger charge is -2.15. The Morgan fingerprint density at radius 2 is 0.960 bits per heavy atom. The fraction of sp³-hybridized carbons (Fsp3) is 0. The Balaban J connectivity index is 2.09. The molecule has 0 saturated heterocycles. The summed E-state index contributed by atoms with van der Waals surface area (Å²) in [5.74, 6) is 0. The topological polar surface area (TPSA) is 32.9 Å². The van der Waals surface area contributed by atoms with Gasteiger partial charge in [0.05, 0.1) is 5.56 Å². The molecular weight excluding hydrogens is 306 g/mol. The highest BCUT2D eigenvalue weighted by atomic mass is 16.1. The first-order valence-electron chi connectivity index (χ1n) is 8.26. The molecule has 1 N–H and O–H groups in total. The fourth-order valence-electron chi connectivity index (χ4n) is 3.16. The molecule has 0 aliphatic carbocycles. The van der Waals surface area contributed by atoms with Crippen LogP contribution in [0.2, 0.25) is 0 Å². The molecule has 0 aliphatic heterocycles. The van der Waals surface area contributed by atoms with Crippen molar-refractivity contribution >= 4 is 0 Å². The summed E-state index contributed by atoms with van der Waals surface area (Å²) in [4.78, 5) is 15.7. The van der Waals surface area contributed by atoms with Crippen molar-refractivity contribution < 1.29 is 0 Å². The van der Waals surface area contributed by atoms with Crippen molar-refractivity contribution in [2.75, 3.05) is 0 Å². The zero-order valence-electron chi connectivity index (χ0n) is 13.6. The molecule has 2 heteroatoms. The van der Waals surface area contributed by atoms with Gasteiger partial charge in [0, 0.05) is 17.3 Å². The Kier molecular flexibility index (Phi) is 4.01. The first-order valence-corrected chi connectivity index (χ1v) is 8.26. The van der Waals surface area contributed by atoms with E-state index in [1.165, 1.54) is 0 Å². The summed E-state index contributed by atoms with van der Waals surface area (Å²) >= 11 is 0. The molecule has 0 amide bonds. The zero-order chi connectivity index (χ0) is 17.1. The van der Waals surface area contributed by atoms with Crippen molar-refractivity contribution in [3.05, 3.63) is 108 Å². The summed E-state index contributed by atoms with van der Waals surface area (Å²) in [5, 5.41) is 0. The van der Waals surface area contributed by atoms with Gasteiger partial charge in [0.1, 0.15) is 0 Å². The van der Waals surface area contributed by atoms with Crippen molar-refractivity contribution in [2.24, 2.45) is 0 Å². The average Bonchev–Trinajstić information content (AvgIpc) is 2.70. The summed E-state index contributed by atoms with van der Waals surface area (Å²) in [6, 6.07) is 30.1. The maximum Gasteiger partial charge on any atom is 0.256 e. The molecule has 4 rings (SSSR count). The van der Waals surface area contributed by atoms with Gasteiger partial charge >= 0.3 is 0 Å². The largest absolute Gasteiger partial charge is 0.328 e. The van der Waals surface area contributed by atoms with Crippen LogP contribution in [0.3, 0.4) is 0 Å². The predicted octanol–water partition coefficient (Wildman–Crippen LogP) is 5.38. The van der Waals surface area contributed by atoms with Crippen LogP contribution >= 0.6 is 0 Å². The van der Waals surface area contributed by atoms with Gasteiger partial charge in [0.2, 0.25) is 0 Å². The van der Waals surface area contributed by atoms with Crippen LogP contribution in [-0.2, 0) is 0 Å². The van der Waals surface area contributed by atoms with Crippen molar-refractivity contribution in [3.63, 3.8) is 0 Å². The van der Waals surface area contributed by atoms with Crippen molar-refractivity contribution in [1.29, 1.82) is 0 Å². The lowest BCUT2D eigenvalue weighted by molar-refractivity contribution is 1.24. The standard InChI is InChI=1S/C23H17NO/c25-23-22(19-14-8-3-9-15-19)21(18-12-6-2-7-13-18)20(16-24-23)17-10-4-1-5-11-17/h1-16H,(H,24,25). The second-order valence-corrected chi connectivity index (χ2v) is 5.88. The Labute approximate surface area is 146 Å². The highest BCUT2D eigenvalue weighted by molar-refractivity contribution is 5.93. The average molecular weight is 323 g/mol. The van der Waals surface area contributed by atoms with E-state index in [0.717, 1.165) is 27.8 Å². The van der Waals surface area contributed by atoms with E-state index in [2.05, 4.69) is 17.1 Å². The number of benzene rings is 3. The Bertz CT molecular complexity index is 1040.